The van der Waals surface area contributed by atoms with Gasteiger partial charge in [-0.25, -0.2) is 0 Å². The molecule has 2 atom stereocenters. The van der Waals surface area contributed by atoms with Crippen molar-refractivity contribution in [2.75, 3.05) is 6.54 Å². The van der Waals surface area contributed by atoms with E-state index in [4.69, 9.17) is 0 Å². The first-order valence-electron chi connectivity index (χ1n) is 6.66. The molecule has 16 heavy (non-hydrogen) atoms. The number of hydrogen-bond acceptors (Lipinski definition) is 1. The molecule has 1 N–H and O–H groups in total. The summed E-state index contributed by atoms with van der Waals surface area (Å²) in [6.45, 7) is 7.41. The maximum atomic E-state index is 3.61. The maximum Gasteiger partial charge on any atom is 0.0113 e. The van der Waals surface area contributed by atoms with Crippen LogP contribution < -0.4 is 5.32 Å². The summed E-state index contributed by atoms with van der Waals surface area (Å²) >= 11 is 0. The molecule has 1 heteroatoms. The fourth-order valence-corrected chi connectivity index (χ4v) is 2.99. The molecule has 2 bridgehead atoms. The lowest BCUT2D eigenvalue weighted by atomic mass is 9.76. The van der Waals surface area contributed by atoms with Crippen LogP contribution in [0, 0.1) is 6.92 Å². The molecule has 1 aromatic carbocycles. The molecule has 1 aromatic rings. The van der Waals surface area contributed by atoms with Gasteiger partial charge in [-0.05, 0) is 49.8 Å². The van der Waals surface area contributed by atoms with Crippen LogP contribution in [0.1, 0.15) is 49.3 Å². The van der Waals surface area contributed by atoms with E-state index in [2.05, 4.69) is 30.4 Å². The number of piperidine rings is 1. The van der Waals surface area contributed by atoms with E-state index in [1.807, 2.05) is 13.8 Å². The highest BCUT2D eigenvalue weighted by Crippen LogP contribution is 2.36. The van der Waals surface area contributed by atoms with Crippen molar-refractivity contribution in [1.29, 1.82) is 0 Å². The van der Waals surface area contributed by atoms with Crippen molar-refractivity contribution in [1.82, 2.24) is 5.32 Å². The van der Waals surface area contributed by atoms with Gasteiger partial charge in [0.25, 0.3) is 0 Å². The summed E-state index contributed by atoms with van der Waals surface area (Å²) in [5.41, 5.74) is 4.65. The number of nitrogens with one attached hydrogen (secondary N) is 1. The molecule has 1 saturated heterocycles. The Morgan fingerprint density at radius 2 is 2.06 bits per heavy atom. The van der Waals surface area contributed by atoms with Gasteiger partial charge >= 0.3 is 0 Å². The average molecular weight is 217 g/mol. The number of aryl methyl sites for hydroxylation is 1. The fourth-order valence-electron chi connectivity index (χ4n) is 2.99. The van der Waals surface area contributed by atoms with Gasteiger partial charge in [0.15, 0.2) is 0 Å². The van der Waals surface area contributed by atoms with Crippen molar-refractivity contribution in [3.63, 3.8) is 0 Å². The van der Waals surface area contributed by atoms with E-state index in [0.717, 1.165) is 12.0 Å². The van der Waals surface area contributed by atoms with Gasteiger partial charge in [0.2, 0.25) is 0 Å². The van der Waals surface area contributed by atoms with Crippen molar-refractivity contribution in [2.45, 2.75) is 52.0 Å². The third-order valence-electron chi connectivity index (χ3n) is 3.70. The molecular formula is C15H23N. The second-order valence-corrected chi connectivity index (χ2v) is 4.78. The molecule has 0 amide bonds. The Balaban J connectivity index is 0.000000457. The van der Waals surface area contributed by atoms with Gasteiger partial charge in [-0.15, -0.1) is 0 Å². The lowest BCUT2D eigenvalue weighted by molar-refractivity contribution is 0.339. The molecule has 1 nitrogen and oxygen atoms in total. The highest BCUT2D eigenvalue weighted by molar-refractivity contribution is 5.37. The van der Waals surface area contributed by atoms with Crippen LogP contribution in [0.5, 0.6) is 0 Å². The smallest absolute Gasteiger partial charge is 0.0113 e. The molecule has 1 aliphatic heterocycles. The van der Waals surface area contributed by atoms with Crippen molar-refractivity contribution in [3.05, 3.63) is 34.9 Å². The molecular weight excluding hydrogens is 194 g/mol. The third kappa shape index (κ3) is 2.15. The van der Waals surface area contributed by atoms with Crippen LogP contribution in [0.4, 0.5) is 0 Å². The minimum atomic E-state index is 0.754. The molecule has 0 aromatic heterocycles. The molecule has 1 fully saturated rings. The third-order valence-corrected chi connectivity index (χ3v) is 3.70. The molecule has 88 valence electrons. The van der Waals surface area contributed by atoms with Gasteiger partial charge in [-0.2, -0.15) is 0 Å². The zero-order valence-corrected chi connectivity index (χ0v) is 10.7. The van der Waals surface area contributed by atoms with E-state index in [1.165, 1.54) is 31.4 Å². The van der Waals surface area contributed by atoms with Gasteiger partial charge < -0.3 is 5.32 Å². The molecule has 0 saturated carbocycles. The summed E-state index contributed by atoms with van der Waals surface area (Å²) in [6, 6.07) is 7.74. The van der Waals surface area contributed by atoms with Crippen LogP contribution in [0.2, 0.25) is 0 Å². The normalized spacial score (nSPS) is 26.4. The van der Waals surface area contributed by atoms with Crippen molar-refractivity contribution in [2.24, 2.45) is 0 Å². The topological polar surface area (TPSA) is 12.0 Å². The Bertz CT molecular complexity index is 356. The van der Waals surface area contributed by atoms with E-state index in [-0.39, 0.29) is 0 Å². The van der Waals surface area contributed by atoms with Crippen molar-refractivity contribution in [3.8, 4) is 0 Å². The predicted octanol–water partition coefficient (Wildman–Crippen LogP) is 3.41. The highest BCUT2D eigenvalue weighted by Gasteiger charge is 2.29. The Morgan fingerprint density at radius 3 is 2.88 bits per heavy atom. The molecule has 0 spiro atoms. The van der Waals surface area contributed by atoms with E-state index in [1.54, 1.807) is 11.1 Å². The lowest BCUT2D eigenvalue weighted by Gasteiger charge is -2.37. The molecule has 0 radical (unpaired) electrons. The van der Waals surface area contributed by atoms with Crippen LogP contribution in [-0.4, -0.2) is 12.6 Å². The van der Waals surface area contributed by atoms with E-state index < -0.39 is 0 Å². The SMILES string of the molecule is CC.Cc1ccc2c(c1)C1CCNC(C2)C1. The minimum absolute atomic E-state index is 0.754. The quantitative estimate of drug-likeness (QED) is 0.702. The fraction of sp³-hybridized carbons (Fsp3) is 0.600. The lowest BCUT2D eigenvalue weighted by Crippen LogP contribution is -2.42. The first-order valence-corrected chi connectivity index (χ1v) is 6.66. The van der Waals surface area contributed by atoms with Gasteiger partial charge in [0.05, 0.1) is 0 Å². The number of fused-ring (bicyclic) bond motifs is 4. The minimum Gasteiger partial charge on any atom is -0.314 e. The van der Waals surface area contributed by atoms with Gasteiger partial charge in [0.1, 0.15) is 0 Å². The Labute approximate surface area is 99.3 Å². The summed E-state index contributed by atoms with van der Waals surface area (Å²) in [7, 11) is 0. The molecule has 1 aliphatic carbocycles. The van der Waals surface area contributed by atoms with Gasteiger partial charge in [-0.1, -0.05) is 37.6 Å². The Hall–Kier alpha value is -0.820. The predicted molar refractivity (Wildman–Crippen MR) is 70.0 cm³/mol. The zero-order valence-electron chi connectivity index (χ0n) is 10.7. The van der Waals surface area contributed by atoms with Gasteiger partial charge in [-0.3, -0.25) is 0 Å². The summed E-state index contributed by atoms with van der Waals surface area (Å²) in [6.07, 6.45) is 3.93. The van der Waals surface area contributed by atoms with E-state index in [0.29, 0.717) is 0 Å². The van der Waals surface area contributed by atoms with Gasteiger partial charge in [0, 0.05) is 6.04 Å². The number of hydrogen-bond donors (Lipinski definition) is 1. The van der Waals surface area contributed by atoms with E-state index >= 15 is 0 Å². The standard InChI is InChI=1S/C13H17N.C2H6/c1-9-2-3-10-7-12-8-11(4-5-14-12)13(10)6-9;1-2/h2-3,6,11-12,14H,4-5,7-8H2,1H3;1-2H3. The monoisotopic (exact) mass is 217 g/mol. The van der Waals surface area contributed by atoms with E-state index in [9.17, 15) is 0 Å². The largest absolute Gasteiger partial charge is 0.314 e. The molecule has 2 unspecified atom stereocenters. The van der Waals surface area contributed by atoms with Crippen LogP contribution >= 0.6 is 0 Å². The average Bonchev–Trinajstić information content (AvgIpc) is 2.33. The van der Waals surface area contributed by atoms with Crippen molar-refractivity contribution < 1.29 is 0 Å². The van der Waals surface area contributed by atoms with Crippen LogP contribution in [0.3, 0.4) is 0 Å². The van der Waals surface area contributed by atoms with Crippen LogP contribution in [0.25, 0.3) is 0 Å². The first kappa shape index (κ1) is 11.7. The molecule has 3 rings (SSSR count). The maximum absolute atomic E-state index is 3.61. The molecule has 1 heterocycles. The van der Waals surface area contributed by atoms with Crippen molar-refractivity contribution >= 4 is 0 Å². The molecule has 2 aliphatic rings. The summed E-state index contributed by atoms with van der Waals surface area (Å²) in [5.74, 6) is 0.838. The second kappa shape index (κ2) is 5.01. The number of rotatable bonds is 0. The first-order chi connectivity index (χ1) is 7.83. The van der Waals surface area contributed by atoms with Crippen LogP contribution in [-0.2, 0) is 6.42 Å². The Kier molecular flexibility index (Phi) is 3.65. The zero-order chi connectivity index (χ0) is 11.5. The van der Waals surface area contributed by atoms with Crippen LogP contribution in [0.15, 0.2) is 18.2 Å². The highest BCUT2D eigenvalue weighted by atomic mass is 14.9. The Morgan fingerprint density at radius 1 is 1.25 bits per heavy atom. The summed E-state index contributed by atoms with van der Waals surface area (Å²) in [4.78, 5) is 0. The summed E-state index contributed by atoms with van der Waals surface area (Å²) in [5, 5.41) is 3.61. The summed E-state index contributed by atoms with van der Waals surface area (Å²) < 4.78 is 0. The number of benzene rings is 1. The second-order valence-electron chi connectivity index (χ2n) is 4.78.